The van der Waals surface area contributed by atoms with Gasteiger partial charge < -0.3 is 9.13 Å². The van der Waals surface area contributed by atoms with Crippen LogP contribution in [0.5, 0.6) is 0 Å². The summed E-state index contributed by atoms with van der Waals surface area (Å²) >= 11 is 0. The molecule has 2 aromatic heterocycles. The molecular formula is C46H56N2. The Bertz CT molecular complexity index is 1930. The Balaban J connectivity index is 1.42. The summed E-state index contributed by atoms with van der Waals surface area (Å²) in [5, 5.41) is 4.79. The summed E-state index contributed by atoms with van der Waals surface area (Å²) in [7, 11) is 0. The summed E-state index contributed by atoms with van der Waals surface area (Å²) in [5.41, 5.74) is 13.7. The lowest BCUT2D eigenvalue weighted by molar-refractivity contribution is 0.508. The van der Waals surface area contributed by atoms with Gasteiger partial charge in [-0.25, -0.2) is 0 Å². The molecule has 2 aromatic carbocycles. The first kappa shape index (κ1) is 33.8. The number of hydrogen-bond acceptors (Lipinski definition) is 0. The van der Waals surface area contributed by atoms with Crippen LogP contribution in [-0.2, 0) is 23.9 Å². The van der Waals surface area contributed by atoms with Crippen molar-refractivity contribution in [2.75, 3.05) is 0 Å². The molecule has 2 nitrogen and oxygen atoms in total. The van der Waals surface area contributed by atoms with Crippen LogP contribution in [0.15, 0.2) is 72.8 Å². The molecule has 0 unspecified atom stereocenters. The fourth-order valence-electron chi connectivity index (χ4n) is 7.55. The average Bonchev–Trinajstić information content (AvgIpc) is 3.79. The van der Waals surface area contributed by atoms with Crippen LogP contribution in [0.4, 0.5) is 0 Å². The van der Waals surface area contributed by atoms with E-state index in [-0.39, 0.29) is 10.8 Å². The standard InChI is InChI=1S/C46H56N2/c1-29(2)27-47-31(5)41-42(43(47)37-15-13-35(25-37)33-17-21-39(22-18-33)45(7,8)9)32(6)48(28-30(3)4)44(41)38-16-14-36(26-38)34-19-23-40(24-20-34)46(10,11)12/h13-24,29-30H,5-6,25-28H2,1-4,7-12H3. The third kappa shape index (κ3) is 6.27. The lowest BCUT2D eigenvalue weighted by Crippen LogP contribution is -2.24. The Morgan fingerprint density at radius 1 is 0.521 bits per heavy atom. The molecule has 2 heterocycles. The normalized spacial score (nSPS) is 15.5. The Hall–Kier alpha value is -4.04. The van der Waals surface area contributed by atoms with Gasteiger partial charge in [-0.1, -0.05) is 155 Å². The van der Waals surface area contributed by atoms with Crippen molar-refractivity contribution in [1.82, 2.24) is 9.13 Å². The van der Waals surface area contributed by atoms with Crippen molar-refractivity contribution in [2.45, 2.75) is 106 Å². The maximum atomic E-state index is 4.81. The second-order valence-corrected chi connectivity index (χ2v) is 17.1. The van der Waals surface area contributed by atoms with E-state index in [2.05, 4.69) is 151 Å². The van der Waals surface area contributed by atoms with E-state index < -0.39 is 0 Å². The topological polar surface area (TPSA) is 9.86 Å². The number of fused-ring (bicyclic) bond motifs is 1. The summed E-state index contributed by atoms with van der Waals surface area (Å²) in [6.45, 7) is 34.4. The summed E-state index contributed by atoms with van der Waals surface area (Å²) in [4.78, 5) is 0. The largest absolute Gasteiger partial charge is 0.340 e. The second-order valence-electron chi connectivity index (χ2n) is 17.1. The molecule has 0 saturated carbocycles. The van der Waals surface area contributed by atoms with Crippen molar-refractivity contribution in [1.29, 1.82) is 0 Å². The third-order valence-electron chi connectivity index (χ3n) is 10.2. The van der Waals surface area contributed by atoms with Crippen LogP contribution in [0.1, 0.15) is 116 Å². The van der Waals surface area contributed by atoms with Gasteiger partial charge in [-0.05, 0) is 67.2 Å². The van der Waals surface area contributed by atoms with Crippen molar-refractivity contribution in [3.63, 3.8) is 0 Å². The van der Waals surface area contributed by atoms with Crippen molar-refractivity contribution in [3.05, 3.63) is 117 Å². The minimum atomic E-state index is 0.146. The molecule has 4 aromatic rings. The van der Waals surface area contributed by atoms with Crippen LogP contribution >= 0.6 is 0 Å². The zero-order valence-electron chi connectivity index (χ0n) is 31.2. The average molecular weight is 637 g/mol. The predicted molar refractivity (Wildman–Crippen MR) is 211 cm³/mol. The molecule has 0 atom stereocenters. The first-order valence-electron chi connectivity index (χ1n) is 18.0. The van der Waals surface area contributed by atoms with E-state index in [1.807, 2.05) is 0 Å². The molecule has 2 heteroatoms. The van der Waals surface area contributed by atoms with Crippen LogP contribution in [0.2, 0.25) is 0 Å². The van der Waals surface area contributed by atoms with E-state index in [0.29, 0.717) is 11.8 Å². The Morgan fingerprint density at radius 3 is 1.12 bits per heavy atom. The zero-order chi connectivity index (χ0) is 34.7. The summed E-state index contributed by atoms with van der Waals surface area (Å²) in [6.07, 6.45) is 11.2. The molecule has 6 rings (SSSR count). The molecule has 0 N–H and O–H groups in total. The summed E-state index contributed by atoms with van der Waals surface area (Å²) in [5.74, 6) is 0.990. The monoisotopic (exact) mass is 636 g/mol. The van der Waals surface area contributed by atoms with E-state index in [1.54, 1.807) is 0 Å². The summed E-state index contributed by atoms with van der Waals surface area (Å²) < 4.78 is 5.02. The highest BCUT2D eigenvalue weighted by Crippen LogP contribution is 2.41. The number of aromatic nitrogens is 2. The van der Waals surface area contributed by atoms with Gasteiger partial charge in [-0.15, -0.1) is 0 Å². The number of allylic oxidation sites excluding steroid dienone is 8. The molecule has 0 radical (unpaired) electrons. The molecule has 0 fully saturated rings. The van der Waals surface area contributed by atoms with Crippen LogP contribution in [-0.4, -0.2) is 9.13 Å². The predicted octanol–water partition coefficient (Wildman–Crippen LogP) is 10.9. The highest BCUT2D eigenvalue weighted by atomic mass is 15.0. The van der Waals surface area contributed by atoms with Gasteiger partial charge in [0.15, 0.2) is 0 Å². The van der Waals surface area contributed by atoms with Gasteiger partial charge in [0.1, 0.15) is 0 Å². The molecule has 250 valence electrons. The maximum absolute atomic E-state index is 4.81. The minimum Gasteiger partial charge on any atom is -0.340 e. The Kier molecular flexibility index (Phi) is 8.78. The number of rotatable bonds is 8. The smallest absolute Gasteiger partial charge is 0.0549 e. The van der Waals surface area contributed by atoms with Crippen LogP contribution in [0.3, 0.4) is 0 Å². The van der Waals surface area contributed by atoms with E-state index in [4.69, 9.17) is 13.2 Å². The van der Waals surface area contributed by atoms with E-state index >= 15 is 0 Å². The molecule has 0 bridgehead atoms. The molecule has 2 aliphatic rings. The maximum Gasteiger partial charge on any atom is 0.0549 e. The molecule has 0 spiro atoms. The van der Waals surface area contributed by atoms with Gasteiger partial charge in [-0.3, -0.25) is 0 Å². The first-order chi connectivity index (χ1) is 22.5. The van der Waals surface area contributed by atoms with Crippen LogP contribution in [0, 0.1) is 11.8 Å². The Morgan fingerprint density at radius 2 is 0.833 bits per heavy atom. The number of nitrogens with zero attached hydrogens (tertiary/aromatic N) is 2. The summed E-state index contributed by atoms with van der Waals surface area (Å²) in [6, 6.07) is 18.4. The molecule has 2 aliphatic carbocycles. The van der Waals surface area contributed by atoms with E-state index in [9.17, 15) is 0 Å². The number of hydrogen-bond donors (Lipinski definition) is 0. The minimum absolute atomic E-state index is 0.146. The second kappa shape index (κ2) is 12.4. The molecule has 0 amide bonds. The molecule has 0 saturated heterocycles. The first-order valence-corrected chi connectivity index (χ1v) is 18.0. The van der Waals surface area contributed by atoms with E-state index in [1.165, 1.54) is 66.7 Å². The third-order valence-corrected chi connectivity index (χ3v) is 10.2. The van der Waals surface area contributed by atoms with Crippen LogP contribution in [0.25, 0.3) is 46.2 Å². The fraction of sp³-hybridized carbons (Fsp3) is 0.391. The van der Waals surface area contributed by atoms with Gasteiger partial charge in [0, 0.05) is 47.4 Å². The van der Waals surface area contributed by atoms with Crippen LogP contribution < -0.4 is 10.7 Å². The lowest BCUT2D eigenvalue weighted by Gasteiger charge is -2.19. The highest BCUT2D eigenvalue weighted by molar-refractivity contribution is 6.04. The molecule has 48 heavy (non-hydrogen) atoms. The van der Waals surface area contributed by atoms with Gasteiger partial charge in [0.05, 0.1) is 11.4 Å². The zero-order valence-corrected chi connectivity index (χ0v) is 31.2. The van der Waals surface area contributed by atoms with Gasteiger partial charge in [-0.2, -0.15) is 0 Å². The highest BCUT2D eigenvalue weighted by Gasteiger charge is 2.28. The lowest BCUT2D eigenvalue weighted by atomic mass is 9.86. The number of benzene rings is 2. The Labute approximate surface area is 289 Å². The fourth-order valence-corrected chi connectivity index (χ4v) is 7.55. The van der Waals surface area contributed by atoms with E-state index in [0.717, 1.165) is 36.6 Å². The van der Waals surface area contributed by atoms with Crippen molar-refractivity contribution >= 4 is 46.2 Å². The van der Waals surface area contributed by atoms with Crippen molar-refractivity contribution in [2.24, 2.45) is 11.8 Å². The SMILES string of the molecule is C=c1c2c(C3=CC=C(c4ccc(C(C)(C)C)cc4)C3)n(CC(C)C)c(=C)c2c(C2=CC=C(c3ccc(C(C)(C)C)cc3)C2)n1CC(C)C. The van der Waals surface area contributed by atoms with Crippen molar-refractivity contribution in [3.8, 4) is 0 Å². The quantitative estimate of drug-likeness (QED) is 0.182. The van der Waals surface area contributed by atoms with Gasteiger partial charge >= 0.3 is 0 Å². The molecular weight excluding hydrogens is 581 g/mol. The van der Waals surface area contributed by atoms with Crippen molar-refractivity contribution < 1.29 is 0 Å². The van der Waals surface area contributed by atoms with Gasteiger partial charge in [0.2, 0.25) is 0 Å². The molecule has 0 aliphatic heterocycles. The van der Waals surface area contributed by atoms with Gasteiger partial charge in [0.25, 0.3) is 0 Å².